The number of carbonyl (C=O) groups is 1. The minimum Gasteiger partial charge on any atom is -0.377 e. The molecular weight excluding hydrogens is 334 g/mol. The number of methoxy groups -OCH3 is 1. The summed E-state index contributed by atoms with van der Waals surface area (Å²) >= 11 is 0. The average Bonchev–Trinajstić information content (AvgIpc) is 3.09. The molecule has 3 rings (SSSR count). The molecule has 2 saturated heterocycles. The summed E-state index contributed by atoms with van der Waals surface area (Å²) in [5, 5.41) is 11.1. The van der Waals surface area contributed by atoms with Gasteiger partial charge in [-0.15, -0.1) is 0 Å². The third kappa shape index (κ3) is 5.02. The van der Waals surface area contributed by atoms with Crippen molar-refractivity contribution in [1.29, 1.82) is 0 Å². The number of rotatable bonds is 9. The van der Waals surface area contributed by atoms with Gasteiger partial charge in [0.15, 0.2) is 5.82 Å². The molecule has 3 atom stereocenters. The molecule has 2 fully saturated rings. The maximum Gasteiger partial charge on any atom is 0.246 e. The summed E-state index contributed by atoms with van der Waals surface area (Å²) in [5.74, 6) is 2.60. The summed E-state index contributed by atoms with van der Waals surface area (Å²) in [4.78, 5) is 18.6. The highest BCUT2D eigenvalue weighted by Gasteiger charge is 2.32. The first kappa shape index (κ1) is 19.3. The van der Waals surface area contributed by atoms with Gasteiger partial charge in [-0.05, 0) is 57.7 Å². The van der Waals surface area contributed by atoms with E-state index in [1.54, 1.807) is 12.0 Å². The van der Waals surface area contributed by atoms with E-state index < -0.39 is 0 Å². The van der Waals surface area contributed by atoms with Gasteiger partial charge in [-0.1, -0.05) is 5.16 Å². The van der Waals surface area contributed by atoms with E-state index in [-0.39, 0.29) is 5.91 Å². The molecule has 3 heterocycles. The van der Waals surface area contributed by atoms with Crippen LogP contribution in [0.4, 0.5) is 0 Å². The van der Waals surface area contributed by atoms with Gasteiger partial charge >= 0.3 is 0 Å². The van der Waals surface area contributed by atoms with Crippen LogP contribution in [0.3, 0.4) is 0 Å². The largest absolute Gasteiger partial charge is 0.377 e. The monoisotopic (exact) mass is 365 g/mol. The van der Waals surface area contributed by atoms with E-state index in [9.17, 15) is 4.79 Å². The number of piperidine rings is 2. The second kappa shape index (κ2) is 9.43. The quantitative estimate of drug-likeness (QED) is 0.672. The third-order valence-corrected chi connectivity index (χ3v) is 5.46. The zero-order valence-electron chi connectivity index (χ0n) is 15.9. The lowest BCUT2D eigenvalue weighted by Gasteiger charge is -2.41. The van der Waals surface area contributed by atoms with Crippen LogP contribution >= 0.6 is 0 Å². The van der Waals surface area contributed by atoms with Crippen molar-refractivity contribution in [3.8, 4) is 0 Å². The van der Waals surface area contributed by atoms with Crippen LogP contribution in [0.2, 0.25) is 0 Å². The normalized spacial score (nSPS) is 25.2. The first-order valence-electron chi connectivity index (χ1n) is 9.71. The van der Waals surface area contributed by atoms with Crippen LogP contribution in [-0.4, -0.2) is 60.3 Å². The van der Waals surface area contributed by atoms with Crippen molar-refractivity contribution in [3.05, 3.63) is 11.7 Å². The molecule has 2 aliphatic heterocycles. The summed E-state index contributed by atoms with van der Waals surface area (Å²) in [5.41, 5.74) is 0. The Morgan fingerprint density at radius 1 is 1.38 bits per heavy atom. The van der Waals surface area contributed by atoms with Crippen LogP contribution in [0, 0.1) is 11.8 Å². The van der Waals surface area contributed by atoms with Gasteiger partial charge < -0.3 is 24.8 Å². The Morgan fingerprint density at radius 2 is 2.27 bits per heavy atom. The summed E-state index contributed by atoms with van der Waals surface area (Å²) in [6, 6.07) is 0.537. The number of hydrogen-bond donors (Lipinski definition) is 2. The number of aromatic nitrogens is 2. The smallest absolute Gasteiger partial charge is 0.246 e. The second-order valence-corrected chi connectivity index (χ2v) is 7.37. The molecule has 26 heavy (non-hydrogen) atoms. The van der Waals surface area contributed by atoms with E-state index in [0.717, 1.165) is 38.4 Å². The van der Waals surface area contributed by atoms with Crippen LogP contribution in [-0.2, 0) is 22.7 Å². The minimum absolute atomic E-state index is 0.148. The maximum absolute atomic E-state index is 12.5. The van der Waals surface area contributed by atoms with Crippen molar-refractivity contribution >= 4 is 5.91 Å². The molecule has 1 amide bonds. The maximum atomic E-state index is 12.5. The minimum atomic E-state index is 0.148. The van der Waals surface area contributed by atoms with Crippen LogP contribution in [0.15, 0.2) is 4.52 Å². The number of amides is 1. The Morgan fingerprint density at radius 3 is 3.08 bits per heavy atom. The van der Waals surface area contributed by atoms with Crippen molar-refractivity contribution in [2.75, 3.05) is 33.3 Å². The fraction of sp³-hybridized carbons (Fsp3) is 0.833. The zero-order valence-corrected chi connectivity index (χ0v) is 15.9. The SMILES string of the molecule is CCN(Cc1nc(COC)no1)C(=O)CCC[C@@H]1NC[C@@H]2CNC[C@H]1C2. The van der Waals surface area contributed by atoms with Crippen molar-refractivity contribution in [3.63, 3.8) is 0 Å². The predicted octanol–water partition coefficient (Wildman–Crippen LogP) is 0.932. The zero-order chi connectivity index (χ0) is 18.4. The number of nitrogens with zero attached hydrogens (tertiary/aromatic N) is 3. The first-order valence-corrected chi connectivity index (χ1v) is 9.71. The number of hydrogen-bond acceptors (Lipinski definition) is 7. The Labute approximate surface area is 155 Å². The first-order chi connectivity index (χ1) is 12.7. The van der Waals surface area contributed by atoms with E-state index in [1.165, 1.54) is 6.42 Å². The number of carbonyl (C=O) groups excluding carboxylic acids is 1. The highest BCUT2D eigenvalue weighted by Crippen LogP contribution is 2.26. The fourth-order valence-corrected chi connectivity index (χ4v) is 4.07. The molecule has 2 N–H and O–H groups in total. The molecular formula is C18H31N5O3. The van der Waals surface area contributed by atoms with E-state index in [2.05, 4.69) is 20.8 Å². The highest BCUT2D eigenvalue weighted by molar-refractivity contribution is 5.76. The highest BCUT2D eigenvalue weighted by atomic mass is 16.5. The van der Waals surface area contributed by atoms with E-state index in [0.29, 0.717) is 49.8 Å². The van der Waals surface area contributed by atoms with Gasteiger partial charge in [0.1, 0.15) is 6.61 Å². The molecule has 0 unspecified atom stereocenters. The Kier molecular flexibility index (Phi) is 6.99. The topological polar surface area (TPSA) is 92.5 Å². The van der Waals surface area contributed by atoms with E-state index in [4.69, 9.17) is 9.26 Å². The Bertz CT molecular complexity index is 579. The van der Waals surface area contributed by atoms with Gasteiger partial charge in [-0.25, -0.2) is 0 Å². The van der Waals surface area contributed by atoms with Crippen LogP contribution < -0.4 is 10.6 Å². The summed E-state index contributed by atoms with van der Waals surface area (Å²) in [7, 11) is 1.59. The standard InChI is InChI=1S/C18H31N5O3/c1-3-23(11-17-21-16(12-25-2)22-26-17)18(24)6-4-5-15-14-7-13(9-20-15)8-19-10-14/h13-15,19-20H,3-12H2,1-2H3/t13-,14+,15-/m0/s1. The van der Waals surface area contributed by atoms with E-state index >= 15 is 0 Å². The molecule has 1 aromatic heterocycles. The number of fused-ring (bicyclic) bond motifs is 2. The molecule has 2 bridgehead atoms. The lowest BCUT2D eigenvalue weighted by atomic mass is 9.80. The van der Waals surface area contributed by atoms with Gasteiger partial charge in [0.05, 0.1) is 6.54 Å². The van der Waals surface area contributed by atoms with Crippen molar-refractivity contribution < 1.29 is 14.1 Å². The number of ether oxygens (including phenoxy) is 1. The number of nitrogens with one attached hydrogen (secondary N) is 2. The second-order valence-electron chi connectivity index (χ2n) is 7.37. The molecule has 0 aliphatic carbocycles. The molecule has 2 aliphatic rings. The van der Waals surface area contributed by atoms with Gasteiger partial charge in [-0.3, -0.25) is 4.79 Å². The average molecular weight is 365 g/mol. The van der Waals surface area contributed by atoms with Crippen LogP contribution in [0.1, 0.15) is 44.3 Å². The molecule has 0 saturated carbocycles. The molecule has 0 radical (unpaired) electrons. The van der Waals surface area contributed by atoms with Crippen LogP contribution in [0.25, 0.3) is 0 Å². The lowest BCUT2D eigenvalue weighted by molar-refractivity contribution is -0.132. The predicted molar refractivity (Wildman–Crippen MR) is 96.2 cm³/mol. The molecule has 8 heteroatoms. The molecule has 146 valence electrons. The Hall–Kier alpha value is -1.51. The lowest BCUT2D eigenvalue weighted by Crippen LogP contribution is -2.54. The molecule has 0 spiro atoms. The Balaban J connectivity index is 1.42. The fourth-order valence-electron chi connectivity index (χ4n) is 4.07. The van der Waals surface area contributed by atoms with Gasteiger partial charge in [-0.2, -0.15) is 4.98 Å². The van der Waals surface area contributed by atoms with E-state index in [1.807, 2.05) is 6.92 Å². The molecule has 8 nitrogen and oxygen atoms in total. The summed E-state index contributed by atoms with van der Waals surface area (Å²) < 4.78 is 10.2. The molecule has 1 aromatic rings. The van der Waals surface area contributed by atoms with Crippen LogP contribution in [0.5, 0.6) is 0 Å². The summed E-state index contributed by atoms with van der Waals surface area (Å²) in [6.45, 7) is 6.63. The molecule has 0 aromatic carbocycles. The third-order valence-electron chi connectivity index (χ3n) is 5.46. The van der Waals surface area contributed by atoms with Gasteiger partial charge in [0, 0.05) is 26.1 Å². The van der Waals surface area contributed by atoms with Gasteiger partial charge in [0.2, 0.25) is 11.8 Å². The summed E-state index contributed by atoms with van der Waals surface area (Å²) in [6.07, 6.45) is 3.85. The van der Waals surface area contributed by atoms with Crippen molar-refractivity contribution in [2.45, 2.75) is 51.8 Å². The van der Waals surface area contributed by atoms with Crippen molar-refractivity contribution in [2.24, 2.45) is 11.8 Å². The van der Waals surface area contributed by atoms with Gasteiger partial charge in [0.25, 0.3) is 0 Å². The van der Waals surface area contributed by atoms with Crippen molar-refractivity contribution in [1.82, 2.24) is 25.7 Å².